The molecule has 2 heterocycles. The highest BCUT2D eigenvalue weighted by Crippen LogP contribution is 2.30. The maximum atomic E-state index is 12.1. The Kier molecular flexibility index (Phi) is 5.41. The van der Waals surface area contributed by atoms with Gasteiger partial charge in [-0.3, -0.25) is 9.48 Å². The molecule has 0 bridgehead atoms. The molecular formula is C22H19N3OS2. The summed E-state index contributed by atoms with van der Waals surface area (Å²) in [6, 6.07) is 18.6. The number of carbonyl (C=O) groups is 1. The quantitative estimate of drug-likeness (QED) is 0.496. The van der Waals surface area contributed by atoms with Crippen molar-refractivity contribution >= 4 is 40.3 Å². The summed E-state index contributed by atoms with van der Waals surface area (Å²) in [5.74, 6) is -0.155. The first-order valence-electron chi connectivity index (χ1n) is 9.08. The Morgan fingerprint density at radius 2 is 1.86 bits per heavy atom. The normalized spacial score (nSPS) is 15.2. The molecule has 0 aliphatic carbocycles. The molecule has 0 radical (unpaired) electrons. The van der Waals surface area contributed by atoms with Gasteiger partial charge < -0.3 is 5.32 Å². The van der Waals surface area contributed by atoms with Gasteiger partial charge in [0.15, 0.2) is 0 Å². The number of rotatable bonds is 5. The first kappa shape index (κ1) is 18.7. The fourth-order valence-corrected chi connectivity index (χ4v) is 4.11. The van der Waals surface area contributed by atoms with E-state index >= 15 is 0 Å². The molecule has 1 saturated heterocycles. The van der Waals surface area contributed by atoms with Crippen LogP contribution in [0.3, 0.4) is 0 Å². The van der Waals surface area contributed by atoms with Crippen molar-refractivity contribution in [3.63, 3.8) is 0 Å². The minimum Gasteiger partial charge on any atom is -0.307 e. The fourth-order valence-electron chi connectivity index (χ4n) is 3.08. The molecule has 1 aliphatic rings. The van der Waals surface area contributed by atoms with Gasteiger partial charge in [0.05, 0.1) is 17.1 Å². The summed E-state index contributed by atoms with van der Waals surface area (Å²) in [5.41, 5.74) is 5.25. The number of aromatic nitrogens is 2. The van der Waals surface area contributed by atoms with E-state index in [-0.39, 0.29) is 5.91 Å². The largest absolute Gasteiger partial charge is 0.307 e. The summed E-state index contributed by atoms with van der Waals surface area (Å²) in [7, 11) is 0. The highest BCUT2D eigenvalue weighted by molar-refractivity contribution is 8.26. The molecule has 140 valence electrons. The third kappa shape index (κ3) is 4.08. The second-order valence-electron chi connectivity index (χ2n) is 6.52. The van der Waals surface area contributed by atoms with Crippen LogP contribution in [0.15, 0.2) is 65.7 Å². The van der Waals surface area contributed by atoms with Crippen LogP contribution in [-0.4, -0.2) is 20.0 Å². The monoisotopic (exact) mass is 405 g/mol. The lowest BCUT2D eigenvalue weighted by Gasteiger charge is -2.02. The summed E-state index contributed by atoms with van der Waals surface area (Å²) >= 11 is 6.39. The summed E-state index contributed by atoms with van der Waals surface area (Å²) in [4.78, 5) is 12.7. The number of thiocarbonyl (C=S) groups is 1. The van der Waals surface area contributed by atoms with Crippen molar-refractivity contribution in [2.45, 2.75) is 19.9 Å². The zero-order valence-electron chi connectivity index (χ0n) is 15.4. The fraction of sp³-hybridized carbons (Fsp3) is 0.136. The van der Waals surface area contributed by atoms with Gasteiger partial charge in [0, 0.05) is 17.3 Å². The number of thioether (sulfide) groups is 1. The van der Waals surface area contributed by atoms with Crippen molar-refractivity contribution in [1.82, 2.24) is 15.1 Å². The standard InChI is InChI=1S/C22H19N3OS2/c1-2-15-8-10-17(11-9-15)20-18(12-19-21(26)23-22(27)28-19)14-25(24-20)13-16-6-4-3-5-7-16/h3-12,14H,2,13H2,1H3,(H,23,26,27)/b19-12-. The maximum Gasteiger partial charge on any atom is 0.263 e. The van der Waals surface area contributed by atoms with Gasteiger partial charge in [-0.25, -0.2) is 0 Å². The van der Waals surface area contributed by atoms with Crippen molar-refractivity contribution in [3.8, 4) is 11.3 Å². The van der Waals surface area contributed by atoms with Crippen molar-refractivity contribution < 1.29 is 4.79 Å². The van der Waals surface area contributed by atoms with Crippen molar-refractivity contribution in [3.05, 3.63) is 82.4 Å². The Hall–Kier alpha value is -2.70. The number of carbonyl (C=O) groups excluding carboxylic acids is 1. The van der Waals surface area contributed by atoms with E-state index in [1.54, 1.807) is 0 Å². The Bertz CT molecular complexity index is 1050. The summed E-state index contributed by atoms with van der Waals surface area (Å²) < 4.78 is 2.41. The molecule has 0 atom stereocenters. The first-order chi connectivity index (χ1) is 13.6. The van der Waals surface area contributed by atoms with Gasteiger partial charge in [0.25, 0.3) is 5.91 Å². The molecule has 1 fully saturated rings. The summed E-state index contributed by atoms with van der Waals surface area (Å²) in [6.45, 7) is 2.81. The van der Waals surface area contributed by atoms with Gasteiger partial charge in [0.1, 0.15) is 4.32 Å². The Balaban J connectivity index is 1.74. The van der Waals surface area contributed by atoms with E-state index < -0.39 is 0 Å². The highest BCUT2D eigenvalue weighted by atomic mass is 32.2. The molecule has 4 rings (SSSR count). The smallest absolute Gasteiger partial charge is 0.263 e. The van der Waals surface area contributed by atoms with Crippen molar-refractivity contribution in [2.75, 3.05) is 0 Å². The lowest BCUT2D eigenvalue weighted by atomic mass is 10.0. The maximum absolute atomic E-state index is 12.1. The van der Waals surface area contributed by atoms with Gasteiger partial charge in [-0.15, -0.1) is 0 Å². The Labute approximate surface area is 173 Å². The van der Waals surface area contributed by atoms with Crippen LogP contribution in [0.4, 0.5) is 0 Å². The van der Waals surface area contributed by atoms with Crippen LogP contribution in [0.5, 0.6) is 0 Å². The van der Waals surface area contributed by atoms with Crippen molar-refractivity contribution in [2.24, 2.45) is 0 Å². The molecule has 28 heavy (non-hydrogen) atoms. The molecule has 0 saturated carbocycles. The van der Waals surface area contributed by atoms with E-state index in [1.807, 2.05) is 35.2 Å². The van der Waals surface area contributed by atoms with Gasteiger partial charge in [-0.05, 0) is 23.6 Å². The van der Waals surface area contributed by atoms with Crippen molar-refractivity contribution in [1.29, 1.82) is 0 Å². The third-order valence-corrected chi connectivity index (χ3v) is 5.70. The van der Waals surface area contributed by atoms with Gasteiger partial charge in [-0.2, -0.15) is 5.10 Å². The minimum atomic E-state index is -0.155. The first-order valence-corrected chi connectivity index (χ1v) is 10.3. The molecular weight excluding hydrogens is 386 g/mol. The molecule has 2 aromatic carbocycles. The predicted molar refractivity (Wildman–Crippen MR) is 119 cm³/mol. The average Bonchev–Trinajstić information content (AvgIpc) is 3.25. The minimum absolute atomic E-state index is 0.155. The van der Waals surface area contributed by atoms with E-state index in [0.717, 1.165) is 23.2 Å². The Morgan fingerprint density at radius 1 is 1.11 bits per heavy atom. The molecule has 4 nitrogen and oxygen atoms in total. The van der Waals surface area contributed by atoms with Crippen LogP contribution in [0, 0.1) is 0 Å². The number of hydrogen-bond donors (Lipinski definition) is 1. The van der Waals surface area contributed by atoms with Crippen LogP contribution in [0.2, 0.25) is 0 Å². The van der Waals surface area contributed by atoms with Gasteiger partial charge >= 0.3 is 0 Å². The Morgan fingerprint density at radius 3 is 2.50 bits per heavy atom. The topological polar surface area (TPSA) is 46.9 Å². The molecule has 1 N–H and O–H groups in total. The predicted octanol–water partition coefficient (Wildman–Crippen LogP) is 4.65. The number of hydrogen-bond acceptors (Lipinski definition) is 4. The lowest BCUT2D eigenvalue weighted by molar-refractivity contribution is -0.115. The van der Waals surface area contributed by atoms with E-state index in [9.17, 15) is 4.79 Å². The SMILES string of the molecule is CCc1ccc(-c2nn(Cc3ccccc3)cc2/C=C2\SC(=S)NC2=O)cc1. The van der Waals surface area contributed by atoms with E-state index in [4.69, 9.17) is 17.3 Å². The van der Waals surface area contributed by atoms with Gasteiger partial charge in [-0.1, -0.05) is 85.5 Å². The number of aryl methyl sites for hydroxylation is 1. The lowest BCUT2D eigenvalue weighted by Crippen LogP contribution is -2.17. The molecule has 6 heteroatoms. The van der Waals surface area contributed by atoms with E-state index in [1.165, 1.54) is 22.9 Å². The van der Waals surface area contributed by atoms with Gasteiger partial charge in [0.2, 0.25) is 0 Å². The van der Waals surface area contributed by atoms with Crippen LogP contribution < -0.4 is 5.32 Å². The summed E-state index contributed by atoms with van der Waals surface area (Å²) in [5, 5.41) is 7.48. The van der Waals surface area contributed by atoms with Crippen LogP contribution in [-0.2, 0) is 17.8 Å². The second kappa shape index (κ2) is 8.12. The van der Waals surface area contributed by atoms with Crippen LogP contribution >= 0.6 is 24.0 Å². The third-order valence-electron chi connectivity index (χ3n) is 4.54. The average molecular weight is 406 g/mol. The van der Waals surface area contributed by atoms with E-state index in [2.05, 4.69) is 48.6 Å². The number of amides is 1. The molecule has 0 spiro atoms. The molecule has 1 amide bonds. The molecule has 1 aliphatic heterocycles. The zero-order valence-corrected chi connectivity index (χ0v) is 17.0. The van der Waals surface area contributed by atoms with Crippen LogP contribution in [0.1, 0.15) is 23.6 Å². The highest BCUT2D eigenvalue weighted by Gasteiger charge is 2.23. The second-order valence-corrected chi connectivity index (χ2v) is 8.24. The number of benzene rings is 2. The molecule has 3 aromatic rings. The van der Waals surface area contributed by atoms with E-state index in [0.29, 0.717) is 15.8 Å². The molecule has 1 aromatic heterocycles. The number of nitrogens with one attached hydrogen (secondary N) is 1. The number of nitrogens with zero attached hydrogens (tertiary/aromatic N) is 2. The zero-order chi connectivity index (χ0) is 19.5. The van der Waals surface area contributed by atoms with Crippen LogP contribution in [0.25, 0.3) is 17.3 Å². The summed E-state index contributed by atoms with van der Waals surface area (Å²) in [6.07, 6.45) is 4.85. The molecule has 0 unspecified atom stereocenters.